The predicted molar refractivity (Wildman–Crippen MR) is 67.2 cm³/mol. The number of aliphatic hydroxyl groups is 1. The van der Waals surface area contributed by atoms with E-state index in [1.807, 2.05) is 13.8 Å². The van der Waals surface area contributed by atoms with Gasteiger partial charge in [0, 0.05) is 38.9 Å². The van der Waals surface area contributed by atoms with E-state index in [0.717, 1.165) is 49.9 Å². The Balaban J connectivity index is 2.02. The summed E-state index contributed by atoms with van der Waals surface area (Å²) in [6, 6.07) is 0. The van der Waals surface area contributed by atoms with E-state index in [0.29, 0.717) is 0 Å². The van der Waals surface area contributed by atoms with Gasteiger partial charge in [0.2, 0.25) is 0 Å². The number of aliphatic hydroxyl groups excluding tert-OH is 1. The number of nitrogens with zero attached hydrogens (tertiary/aromatic N) is 4. The largest absolute Gasteiger partial charge is 0.395 e. The number of rotatable bonds is 3. The molecule has 1 aromatic rings. The lowest BCUT2D eigenvalue weighted by Gasteiger charge is -2.35. The normalized spacial score (nSPS) is 17.5. The summed E-state index contributed by atoms with van der Waals surface area (Å²) in [4.78, 5) is 13.5. The van der Waals surface area contributed by atoms with Gasteiger partial charge in [0.1, 0.15) is 5.82 Å². The minimum atomic E-state index is 0.239. The first-order valence-corrected chi connectivity index (χ1v) is 6.09. The number of hydrogen-bond acceptors (Lipinski definition) is 5. The minimum absolute atomic E-state index is 0.239. The van der Waals surface area contributed by atoms with Gasteiger partial charge in [0.05, 0.1) is 18.0 Å². The van der Waals surface area contributed by atoms with E-state index in [1.165, 1.54) is 0 Å². The topological polar surface area (TPSA) is 52.5 Å². The third-order valence-corrected chi connectivity index (χ3v) is 3.14. The number of β-amino-alcohol motifs (C(OH)–C–C–N with tert-alkyl or cyclic N) is 1. The van der Waals surface area contributed by atoms with E-state index >= 15 is 0 Å². The average molecular weight is 236 g/mol. The second kappa shape index (κ2) is 5.42. The Hall–Kier alpha value is -1.20. The molecule has 1 aromatic heterocycles. The molecular formula is C12H20N4O. The number of aromatic nitrogens is 2. The fraction of sp³-hybridized carbons (Fsp3) is 0.667. The van der Waals surface area contributed by atoms with Gasteiger partial charge in [-0.25, -0.2) is 4.98 Å². The van der Waals surface area contributed by atoms with Crippen molar-refractivity contribution < 1.29 is 5.11 Å². The van der Waals surface area contributed by atoms with Crippen LogP contribution >= 0.6 is 0 Å². The van der Waals surface area contributed by atoms with Crippen molar-refractivity contribution in [1.82, 2.24) is 14.9 Å². The smallest absolute Gasteiger partial charge is 0.150 e. The first kappa shape index (κ1) is 12.3. The van der Waals surface area contributed by atoms with Gasteiger partial charge in [-0.2, -0.15) is 0 Å². The number of hydrogen-bond donors (Lipinski definition) is 1. The SMILES string of the molecule is Cc1cnc(C)c(N2CCN(CCO)CC2)n1. The molecule has 1 fully saturated rings. The van der Waals surface area contributed by atoms with Crippen molar-refractivity contribution in [3.8, 4) is 0 Å². The van der Waals surface area contributed by atoms with Crippen LogP contribution in [0.5, 0.6) is 0 Å². The van der Waals surface area contributed by atoms with Crippen LogP contribution in [0.4, 0.5) is 5.82 Å². The number of anilines is 1. The van der Waals surface area contributed by atoms with E-state index in [-0.39, 0.29) is 6.61 Å². The monoisotopic (exact) mass is 236 g/mol. The summed E-state index contributed by atoms with van der Waals surface area (Å²) in [6.07, 6.45) is 1.81. The Bertz CT molecular complexity index is 375. The summed E-state index contributed by atoms with van der Waals surface area (Å²) >= 11 is 0. The number of aryl methyl sites for hydroxylation is 2. The Morgan fingerprint density at radius 2 is 1.94 bits per heavy atom. The molecule has 0 aromatic carbocycles. The van der Waals surface area contributed by atoms with Crippen molar-refractivity contribution in [2.75, 3.05) is 44.2 Å². The van der Waals surface area contributed by atoms with Gasteiger partial charge in [0.25, 0.3) is 0 Å². The Kier molecular flexibility index (Phi) is 3.91. The summed E-state index contributed by atoms with van der Waals surface area (Å²) in [5.74, 6) is 1.01. The zero-order valence-electron chi connectivity index (χ0n) is 10.6. The van der Waals surface area contributed by atoms with Crippen molar-refractivity contribution in [1.29, 1.82) is 0 Å². The molecule has 0 amide bonds. The van der Waals surface area contributed by atoms with E-state index in [4.69, 9.17) is 5.11 Å². The van der Waals surface area contributed by atoms with Crippen molar-refractivity contribution in [3.63, 3.8) is 0 Å². The molecule has 5 nitrogen and oxygen atoms in total. The second-order valence-corrected chi connectivity index (χ2v) is 4.47. The lowest BCUT2D eigenvalue weighted by molar-refractivity contribution is 0.188. The van der Waals surface area contributed by atoms with Crippen LogP contribution in [-0.2, 0) is 0 Å². The molecule has 94 valence electrons. The van der Waals surface area contributed by atoms with Crippen molar-refractivity contribution in [2.45, 2.75) is 13.8 Å². The molecular weight excluding hydrogens is 216 g/mol. The van der Waals surface area contributed by atoms with Crippen LogP contribution in [0.15, 0.2) is 6.20 Å². The Morgan fingerprint density at radius 3 is 2.59 bits per heavy atom. The van der Waals surface area contributed by atoms with E-state index in [1.54, 1.807) is 6.20 Å². The van der Waals surface area contributed by atoms with Crippen molar-refractivity contribution in [3.05, 3.63) is 17.6 Å². The van der Waals surface area contributed by atoms with Gasteiger partial charge < -0.3 is 10.0 Å². The third-order valence-electron chi connectivity index (χ3n) is 3.14. The molecule has 1 aliphatic rings. The molecule has 0 aliphatic carbocycles. The molecule has 1 aliphatic heterocycles. The van der Waals surface area contributed by atoms with E-state index < -0.39 is 0 Å². The average Bonchev–Trinajstić information content (AvgIpc) is 2.34. The third kappa shape index (κ3) is 2.92. The van der Waals surface area contributed by atoms with Crippen molar-refractivity contribution >= 4 is 5.82 Å². The molecule has 2 heterocycles. The highest BCUT2D eigenvalue weighted by Gasteiger charge is 2.19. The highest BCUT2D eigenvalue weighted by molar-refractivity contribution is 5.43. The molecule has 17 heavy (non-hydrogen) atoms. The molecule has 0 saturated carbocycles. The lowest BCUT2D eigenvalue weighted by Crippen LogP contribution is -2.47. The first-order valence-electron chi connectivity index (χ1n) is 6.09. The Morgan fingerprint density at radius 1 is 1.24 bits per heavy atom. The molecule has 5 heteroatoms. The quantitative estimate of drug-likeness (QED) is 0.813. The molecule has 1 N–H and O–H groups in total. The lowest BCUT2D eigenvalue weighted by atomic mass is 10.3. The van der Waals surface area contributed by atoms with Gasteiger partial charge >= 0.3 is 0 Å². The van der Waals surface area contributed by atoms with Crippen LogP contribution < -0.4 is 4.90 Å². The molecule has 0 atom stereocenters. The van der Waals surface area contributed by atoms with Crippen LogP contribution in [-0.4, -0.2) is 59.3 Å². The zero-order valence-corrected chi connectivity index (χ0v) is 10.6. The summed E-state index contributed by atoms with van der Waals surface area (Å²) in [5, 5.41) is 8.90. The van der Waals surface area contributed by atoms with E-state index in [2.05, 4.69) is 19.8 Å². The van der Waals surface area contributed by atoms with Crippen LogP contribution in [0.3, 0.4) is 0 Å². The maximum Gasteiger partial charge on any atom is 0.150 e. The summed E-state index contributed by atoms with van der Waals surface area (Å²) in [5.41, 5.74) is 1.95. The summed E-state index contributed by atoms with van der Waals surface area (Å²) in [7, 11) is 0. The Labute approximate surface area is 102 Å². The van der Waals surface area contributed by atoms with Gasteiger partial charge in [-0.1, -0.05) is 0 Å². The summed E-state index contributed by atoms with van der Waals surface area (Å²) in [6.45, 7) is 8.86. The number of piperazine rings is 1. The molecule has 0 spiro atoms. The maximum atomic E-state index is 8.90. The van der Waals surface area contributed by atoms with Gasteiger partial charge in [-0.15, -0.1) is 0 Å². The zero-order chi connectivity index (χ0) is 12.3. The maximum absolute atomic E-state index is 8.90. The fourth-order valence-electron chi connectivity index (χ4n) is 2.15. The molecule has 0 radical (unpaired) electrons. The van der Waals surface area contributed by atoms with Crippen LogP contribution in [0.2, 0.25) is 0 Å². The van der Waals surface area contributed by atoms with Gasteiger partial charge in [0.15, 0.2) is 0 Å². The first-order chi connectivity index (χ1) is 8.20. The standard InChI is InChI=1S/C12H20N4O/c1-10-9-13-11(2)12(14-10)16-5-3-15(4-6-16)7-8-17/h9,17H,3-8H2,1-2H3. The minimum Gasteiger partial charge on any atom is -0.395 e. The fourth-order valence-corrected chi connectivity index (χ4v) is 2.15. The van der Waals surface area contributed by atoms with E-state index in [9.17, 15) is 0 Å². The van der Waals surface area contributed by atoms with Crippen molar-refractivity contribution in [2.24, 2.45) is 0 Å². The highest BCUT2D eigenvalue weighted by atomic mass is 16.3. The van der Waals surface area contributed by atoms with Crippen LogP contribution in [0, 0.1) is 13.8 Å². The molecule has 2 rings (SSSR count). The predicted octanol–water partition coefficient (Wildman–Crippen LogP) is 0.208. The highest BCUT2D eigenvalue weighted by Crippen LogP contribution is 2.17. The second-order valence-electron chi connectivity index (χ2n) is 4.47. The molecule has 1 saturated heterocycles. The van der Waals surface area contributed by atoms with Gasteiger partial charge in [-0.3, -0.25) is 9.88 Å². The molecule has 0 bridgehead atoms. The summed E-state index contributed by atoms with van der Waals surface area (Å²) < 4.78 is 0. The van der Waals surface area contributed by atoms with Crippen LogP contribution in [0.25, 0.3) is 0 Å². The van der Waals surface area contributed by atoms with Gasteiger partial charge in [-0.05, 0) is 13.8 Å². The van der Waals surface area contributed by atoms with Crippen LogP contribution in [0.1, 0.15) is 11.4 Å². The molecule has 0 unspecified atom stereocenters.